The van der Waals surface area contributed by atoms with Gasteiger partial charge in [-0.3, -0.25) is 9.59 Å². The van der Waals surface area contributed by atoms with E-state index in [0.717, 1.165) is 17.7 Å². The number of carbonyl (C=O) groups is 2. The lowest BCUT2D eigenvalue weighted by Crippen LogP contribution is -2.23. The number of amides is 2. The molecule has 1 saturated heterocycles. The first-order valence-electron chi connectivity index (χ1n) is 7.52. The standard InChI is InChI=1S/C18H17FN2O2/c1-12-4-9-15(19)16(11-12)20-18(23)13-5-7-14(8-6-13)21-10-2-3-17(21)22/h4-9,11H,2-3,10H2,1H3,(H,20,23). The summed E-state index contributed by atoms with van der Waals surface area (Å²) in [4.78, 5) is 25.6. The summed E-state index contributed by atoms with van der Waals surface area (Å²) < 4.78 is 13.7. The number of hydrogen-bond acceptors (Lipinski definition) is 2. The number of anilines is 2. The fourth-order valence-corrected chi connectivity index (χ4v) is 2.64. The van der Waals surface area contributed by atoms with Crippen LogP contribution in [0.5, 0.6) is 0 Å². The maximum Gasteiger partial charge on any atom is 0.255 e. The molecule has 23 heavy (non-hydrogen) atoms. The Bertz CT molecular complexity index is 756. The van der Waals surface area contributed by atoms with Gasteiger partial charge in [0.25, 0.3) is 5.91 Å². The molecule has 0 atom stereocenters. The molecule has 1 heterocycles. The topological polar surface area (TPSA) is 49.4 Å². The predicted molar refractivity (Wildman–Crippen MR) is 87.1 cm³/mol. The number of carbonyl (C=O) groups excluding carboxylic acids is 2. The lowest BCUT2D eigenvalue weighted by molar-refractivity contribution is -0.117. The Morgan fingerprint density at radius 3 is 2.57 bits per heavy atom. The monoisotopic (exact) mass is 312 g/mol. The van der Waals surface area contributed by atoms with Crippen molar-refractivity contribution in [2.45, 2.75) is 19.8 Å². The van der Waals surface area contributed by atoms with Crippen LogP contribution in [0.4, 0.5) is 15.8 Å². The summed E-state index contributed by atoms with van der Waals surface area (Å²) >= 11 is 0. The second-order valence-corrected chi connectivity index (χ2v) is 5.63. The smallest absolute Gasteiger partial charge is 0.255 e. The van der Waals surface area contributed by atoms with E-state index >= 15 is 0 Å². The normalized spacial score (nSPS) is 14.2. The van der Waals surface area contributed by atoms with Gasteiger partial charge in [0.15, 0.2) is 0 Å². The molecule has 1 aliphatic heterocycles. The molecule has 0 saturated carbocycles. The Morgan fingerprint density at radius 1 is 1.17 bits per heavy atom. The van der Waals surface area contributed by atoms with Crippen molar-refractivity contribution >= 4 is 23.2 Å². The highest BCUT2D eigenvalue weighted by Gasteiger charge is 2.21. The van der Waals surface area contributed by atoms with Gasteiger partial charge in [-0.2, -0.15) is 0 Å². The summed E-state index contributed by atoms with van der Waals surface area (Å²) in [6.45, 7) is 2.54. The lowest BCUT2D eigenvalue weighted by Gasteiger charge is -2.16. The molecule has 0 radical (unpaired) electrons. The SMILES string of the molecule is Cc1ccc(F)c(NC(=O)c2ccc(N3CCCC3=O)cc2)c1. The minimum atomic E-state index is -0.469. The van der Waals surface area contributed by atoms with Gasteiger partial charge in [-0.25, -0.2) is 4.39 Å². The largest absolute Gasteiger partial charge is 0.319 e. The minimum Gasteiger partial charge on any atom is -0.319 e. The summed E-state index contributed by atoms with van der Waals surface area (Å²) in [6.07, 6.45) is 1.42. The number of rotatable bonds is 3. The Morgan fingerprint density at radius 2 is 1.91 bits per heavy atom. The van der Waals surface area contributed by atoms with E-state index < -0.39 is 5.82 Å². The average molecular weight is 312 g/mol. The molecular formula is C18H17FN2O2. The Balaban J connectivity index is 1.75. The predicted octanol–water partition coefficient (Wildman–Crippen LogP) is 3.51. The third-order valence-electron chi connectivity index (χ3n) is 3.88. The van der Waals surface area contributed by atoms with Crippen molar-refractivity contribution in [1.82, 2.24) is 0 Å². The number of benzene rings is 2. The van der Waals surface area contributed by atoms with Crippen LogP contribution in [0.25, 0.3) is 0 Å². The number of aryl methyl sites for hydroxylation is 1. The summed E-state index contributed by atoms with van der Waals surface area (Å²) in [7, 11) is 0. The van der Waals surface area contributed by atoms with E-state index in [4.69, 9.17) is 0 Å². The van der Waals surface area contributed by atoms with Gasteiger partial charge in [0, 0.05) is 24.2 Å². The third kappa shape index (κ3) is 3.23. The van der Waals surface area contributed by atoms with Crippen LogP contribution in [0.3, 0.4) is 0 Å². The van der Waals surface area contributed by atoms with Gasteiger partial charge in [-0.1, -0.05) is 6.07 Å². The lowest BCUT2D eigenvalue weighted by atomic mass is 10.1. The summed E-state index contributed by atoms with van der Waals surface area (Å²) in [5, 5.41) is 2.57. The molecule has 2 aromatic rings. The van der Waals surface area contributed by atoms with Gasteiger partial charge >= 0.3 is 0 Å². The summed E-state index contributed by atoms with van der Waals surface area (Å²) in [6, 6.07) is 11.3. The number of nitrogens with one attached hydrogen (secondary N) is 1. The highest BCUT2D eigenvalue weighted by atomic mass is 19.1. The first kappa shape index (κ1) is 15.2. The van der Waals surface area contributed by atoms with Crippen LogP contribution in [-0.2, 0) is 4.79 Å². The molecule has 0 aromatic heterocycles. The van der Waals surface area contributed by atoms with Crippen LogP contribution in [0.2, 0.25) is 0 Å². The van der Waals surface area contributed by atoms with Gasteiger partial charge in [0.2, 0.25) is 5.91 Å². The molecule has 0 bridgehead atoms. The molecular weight excluding hydrogens is 295 g/mol. The maximum atomic E-state index is 13.7. The molecule has 5 heteroatoms. The summed E-state index contributed by atoms with van der Waals surface area (Å²) in [5.74, 6) is -0.749. The van der Waals surface area contributed by atoms with Crippen LogP contribution in [0.15, 0.2) is 42.5 Å². The average Bonchev–Trinajstić information content (AvgIpc) is 2.97. The molecule has 0 spiro atoms. The molecule has 1 aliphatic rings. The van der Waals surface area contributed by atoms with E-state index in [1.165, 1.54) is 6.07 Å². The first-order valence-corrected chi connectivity index (χ1v) is 7.52. The van der Waals surface area contributed by atoms with Gasteiger partial charge in [-0.15, -0.1) is 0 Å². The van der Waals surface area contributed by atoms with Crippen molar-refractivity contribution in [3.63, 3.8) is 0 Å². The van der Waals surface area contributed by atoms with Crippen LogP contribution in [0, 0.1) is 12.7 Å². The fraction of sp³-hybridized carbons (Fsp3) is 0.222. The number of nitrogens with zero attached hydrogens (tertiary/aromatic N) is 1. The highest BCUT2D eigenvalue weighted by molar-refractivity contribution is 6.05. The molecule has 4 nitrogen and oxygen atoms in total. The molecule has 1 N–H and O–H groups in total. The zero-order valence-corrected chi connectivity index (χ0v) is 12.8. The zero-order valence-electron chi connectivity index (χ0n) is 12.8. The molecule has 0 unspecified atom stereocenters. The van der Waals surface area contributed by atoms with Crippen LogP contribution in [-0.4, -0.2) is 18.4 Å². The van der Waals surface area contributed by atoms with Crippen LogP contribution >= 0.6 is 0 Å². The van der Waals surface area contributed by atoms with Crippen molar-refractivity contribution < 1.29 is 14.0 Å². The van der Waals surface area contributed by atoms with E-state index in [9.17, 15) is 14.0 Å². The second-order valence-electron chi connectivity index (χ2n) is 5.63. The van der Waals surface area contributed by atoms with Crippen molar-refractivity contribution in [3.05, 3.63) is 59.4 Å². The zero-order chi connectivity index (χ0) is 16.4. The fourth-order valence-electron chi connectivity index (χ4n) is 2.64. The van der Waals surface area contributed by atoms with Gasteiger partial charge < -0.3 is 10.2 Å². The molecule has 2 aromatic carbocycles. The minimum absolute atomic E-state index is 0.101. The van der Waals surface area contributed by atoms with E-state index in [0.29, 0.717) is 18.5 Å². The van der Waals surface area contributed by atoms with Gasteiger partial charge in [0.1, 0.15) is 5.82 Å². The number of halogens is 1. The highest BCUT2D eigenvalue weighted by Crippen LogP contribution is 2.22. The van der Waals surface area contributed by atoms with Crippen molar-refractivity contribution in [3.8, 4) is 0 Å². The summed E-state index contributed by atoms with van der Waals surface area (Å²) in [5.41, 5.74) is 2.23. The van der Waals surface area contributed by atoms with Crippen LogP contribution < -0.4 is 10.2 Å². The van der Waals surface area contributed by atoms with Crippen molar-refractivity contribution in [2.24, 2.45) is 0 Å². The van der Waals surface area contributed by atoms with Crippen molar-refractivity contribution in [1.29, 1.82) is 0 Å². The van der Waals surface area contributed by atoms with E-state index in [2.05, 4.69) is 5.32 Å². The second kappa shape index (κ2) is 6.20. The molecule has 118 valence electrons. The van der Waals surface area contributed by atoms with E-state index in [1.807, 2.05) is 6.92 Å². The molecule has 3 rings (SSSR count). The van der Waals surface area contributed by atoms with Gasteiger partial charge in [0.05, 0.1) is 5.69 Å². The molecule has 2 amide bonds. The molecule has 1 fully saturated rings. The van der Waals surface area contributed by atoms with Crippen molar-refractivity contribution in [2.75, 3.05) is 16.8 Å². The quantitative estimate of drug-likeness (QED) is 0.943. The van der Waals surface area contributed by atoms with Gasteiger partial charge in [-0.05, 0) is 55.3 Å². The number of hydrogen-bond donors (Lipinski definition) is 1. The third-order valence-corrected chi connectivity index (χ3v) is 3.88. The first-order chi connectivity index (χ1) is 11.0. The van der Waals surface area contributed by atoms with E-state index in [-0.39, 0.29) is 17.5 Å². The Labute approximate surface area is 133 Å². The maximum absolute atomic E-state index is 13.7. The Hall–Kier alpha value is -2.69. The van der Waals surface area contributed by atoms with Crippen LogP contribution in [0.1, 0.15) is 28.8 Å². The Kier molecular flexibility index (Phi) is 4.10. The molecule has 0 aliphatic carbocycles. The van der Waals surface area contributed by atoms with E-state index in [1.54, 1.807) is 41.3 Å².